The highest BCUT2D eigenvalue weighted by Gasteiger charge is 2.07. The SMILES string of the molecule is Cc1cc(NC(=O)CSc2nccn2C)ccc1F. The van der Waals surface area contributed by atoms with Crippen LogP contribution in [0, 0.1) is 12.7 Å². The van der Waals surface area contributed by atoms with Crippen molar-refractivity contribution in [1.82, 2.24) is 9.55 Å². The van der Waals surface area contributed by atoms with Gasteiger partial charge in [-0.25, -0.2) is 9.37 Å². The molecule has 6 heteroatoms. The first kappa shape index (κ1) is 13.6. The van der Waals surface area contributed by atoms with Crippen LogP contribution in [0.25, 0.3) is 0 Å². The van der Waals surface area contributed by atoms with Gasteiger partial charge in [-0.1, -0.05) is 11.8 Å². The monoisotopic (exact) mass is 279 g/mol. The summed E-state index contributed by atoms with van der Waals surface area (Å²) in [6.07, 6.45) is 3.51. The van der Waals surface area contributed by atoms with E-state index in [1.165, 1.54) is 17.8 Å². The van der Waals surface area contributed by atoms with Crippen molar-refractivity contribution in [2.24, 2.45) is 7.05 Å². The Kier molecular flexibility index (Phi) is 4.21. The second-order valence-electron chi connectivity index (χ2n) is 4.12. The quantitative estimate of drug-likeness (QED) is 0.875. The van der Waals surface area contributed by atoms with Gasteiger partial charge in [0.15, 0.2) is 5.16 Å². The maximum absolute atomic E-state index is 13.1. The number of amides is 1. The Labute approximate surface area is 115 Å². The predicted octanol–water partition coefficient (Wildman–Crippen LogP) is 2.60. The predicted molar refractivity (Wildman–Crippen MR) is 73.7 cm³/mol. The maximum Gasteiger partial charge on any atom is 0.234 e. The van der Waals surface area contributed by atoms with E-state index in [2.05, 4.69) is 10.3 Å². The lowest BCUT2D eigenvalue weighted by molar-refractivity contribution is -0.113. The number of carbonyl (C=O) groups excluding carboxylic acids is 1. The Morgan fingerprint density at radius 1 is 1.53 bits per heavy atom. The van der Waals surface area contributed by atoms with Gasteiger partial charge in [0.25, 0.3) is 0 Å². The lowest BCUT2D eigenvalue weighted by atomic mass is 10.2. The van der Waals surface area contributed by atoms with E-state index >= 15 is 0 Å². The fourth-order valence-corrected chi connectivity index (χ4v) is 2.27. The second-order valence-corrected chi connectivity index (χ2v) is 5.06. The first-order chi connectivity index (χ1) is 9.06. The smallest absolute Gasteiger partial charge is 0.234 e. The van der Waals surface area contributed by atoms with E-state index in [9.17, 15) is 9.18 Å². The largest absolute Gasteiger partial charge is 0.329 e. The van der Waals surface area contributed by atoms with E-state index in [-0.39, 0.29) is 17.5 Å². The minimum absolute atomic E-state index is 0.140. The molecule has 0 aliphatic rings. The molecule has 19 heavy (non-hydrogen) atoms. The number of aromatic nitrogens is 2. The Morgan fingerprint density at radius 2 is 2.32 bits per heavy atom. The molecule has 1 heterocycles. The number of hydrogen-bond donors (Lipinski definition) is 1. The van der Waals surface area contributed by atoms with Crippen molar-refractivity contribution in [3.05, 3.63) is 42.0 Å². The van der Waals surface area contributed by atoms with Crippen LogP contribution in [0.4, 0.5) is 10.1 Å². The van der Waals surface area contributed by atoms with Gasteiger partial charge in [-0.05, 0) is 30.7 Å². The number of thioether (sulfide) groups is 1. The molecule has 2 aromatic rings. The number of imidazole rings is 1. The molecular weight excluding hydrogens is 265 g/mol. The third-order valence-electron chi connectivity index (χ3n) is 2.55. The van der Waals surface area contributed by atoms with Crippen molar-refractivity contribution in [3.8, 4) is 0 Å². The Morgan fingerprint density at radius 3 is 2.95 bits per heavy atom. The summed E-state index contributed by atoms with van der Waals surface area (Å²) in [5.74, 6) is -0.152. The summed E-state index contributed by atoms with van der Waals surface area (Å²) in [5.41, 5.74) is 1.11. The Balaban J connectivity index is 1.91. The number of aryl methyl sites for hydroxylation is 2. The van der Waals surface area contributed by atoms with Gasteiger partial charge in [-0.15, -0.1) is 0 Å². The van der Waals surface area contributed by atoms with Gasteiger partial charge in [0.05, 0.1) is 5.75 Å². The van der Waals surface area contributed by atoms with Gasteiger partial charge in [-0.2, -0.15) is 0 Å². The first-order valence-corrected chi connectivity index (χ1v) is 6.71. The molecule has 0 aliphatic heterocycles. The molecule has 0 radical (unpaired) electrons. The summed E-state index contributed by atoms with van der Waals surface area (Å²) < 4.78 is 14.9. The van der Waals surface area contributed by atoms with Gasteiger partial charge in [-0.3, -0.25) is 4.79 Å². The molecule has 0 saturated carbocycles. The van der Waals surface area contributed by atoms with Crippen LogP contribution in [0.3, 0.4) is 0 Å². The third-order valence-corrected chi connectivity index (χ3v) is 3.61. The fourth-order valence-electron chi connectivity index (χ4n) is 1.54. The fraction of sp³-hybridized carbons (Fsp3) is 0.231. The number of rotatable bonds is 4. The standard InChI is InChI=1S/C13H14FN3OS/c1-9-7-10(3-4-11(9)14)16-12(18)8-19-13-15-5-6-17(13)2/h3-7H,8H2,1-2H3,(H,16,18). The average Bonchev–Trinajstić information content (AvgIpc) is 2.77. The number of nitrogens with one attached hydrogen (secondary N) is 1. The van der Waals surface area contributed by atoms with Crippen molar-refractivity contribution in [2.75, 3.05) is 11.1 Å². The molecule has 2 rings (SSSR count). The molecule has 0 bridgehead atoms. The van der Waals surface area contributed by atoms with E-state index in [0.29, 0.717) is 11.3 Å². The van der Waals surface area contributed by atoms with Crippen LogP contribution >= 0.6 is 11.8 Å². The molecule has 1 aromatic heterocycles. The average molecular weight is 279 g/mol. The highest BCUT2D eigenvalue weighted by molar-refractivity contribution is 7.99. The van der Waals surface area contributed by atoms with Crippen molar-refractivity contribution in [2.45, 2.75) is 12.1 Å². The van der Waals surface area contributed by atoms with Crippen molar-refractivity contribution >= 4 is 23.4 Å². The Hall–Kier alpha value is -1.82. The highest BCUT2D eigenvalue weighted by Crippen LogP contribution is 2.16. The van der Waals surface area contributed by atoms with E-state index < -0.39 is 0 Å². The van der Waals surface area contributed by atoms with Gasteiger partial charge in [0.1, 0.15) is 5.82 Å². The Bertz CT molecular complexity index is 597. The summed E-state index contributed by atoms with van der Waals surface area (Å²) in [4.78, 5) is 15.9. The first-order valence-electron chi connectivity index (χ1n) is 5.72. The summed E-state index contributed by atoms with van der Waals surface area (Å²) in [5, 5.41) is 3.51. The van der Waals surface area contributed by atoms with E-state index in [0.717, 1.165) is 5.16 Å². The zero-order valence-corrected chi connectivity index (χ0v) is 11.5. The van der Waals surface area contributed by atoms with Crippen molar-refractivity contribution in [1.29, 1.82) is 0 Å². The molecule has 0 saturated heterocycles. The number of halogens is 1. The van der Waals surface area contributed by atoms with Crippen LogP contribution in [0.1, 0.15) is 5.56 Å². The molecule has 1 amide bonds. The lowest BCUT2D eigenvalue weighted by Gasteiger charge is -2.06. The van der Waals surface area contributed by atoms with Crippen LogP contribution in [0.2, 0.25) is 0 Å². The van der Waals surface area contributed by atoms with Crippen molar-refractivity contribution < 1.29 is 9.18 Å². The van der Waals surface area contributed by atoms with Crippen LogP contribution < -0.4 is 5.32 Å². The molecule has 1 aromatic carbocycles. The van der Waals surface area contributed by atoms with Gasteiger partial charge in [0.2, 0.25) is 5.91 Å². The molecule has 0 fully saturated rings. The zero-order chi connectivity index (χ0) is 13.8. The third kappa shape index (κ3) is 3.57. The number of carbonyl (C=O) groups is 1. The normalized spacial score (nSPS) is 10.5. The molecule has 0 spiro atoms. The molecular formula is C13H14FN3OS. The van der Waals surface area contributed by atoms with E-state index in [4.69, 9.17) is 0 Å². The molecule has 4 nitrogen and oxygen atoms in total. The van der Waals surface area contributed by atoms with E-state index in [1.807, 2.05) is 17.8 Å². The van der Waals surface area contributed by atoms with Crippen LogP contribution in [0.15, 0.2) is 35.7 Å². The molecule has 100 valence electrons. The van der Waals surface area contributed by atoms with Gasteiger partial charge in [0, 0.05) is 25.1 Å². The maximum atomic E-state index is 13.1. The molecule has 0 unspecified atom stereocenters. The zero-order valence-electron chi connectivity index (χ0n) is 10.7. The minimum Gasteiger partial charge on any atom is -0.329 e. The summed E-state index contributed by atoms with van der Waals surface area (Å²) in [6.45, 7) is 1.66. The number of benzene rings is 1. The second kappa shape index (κ2) is 5.88. The van der Waals surface area contributed by atoms with Crippen LogP contribution in [-0.2, 0) is 11.8 Å². The van der Waals surface area contributed by atoms with Crippen LogP contribution in [-0.4, -0.2) is 21.2 Å². The highest BCUT2D eigenvalue weighted by atomic mass is 32.2. The summed E-state index contributed by atoms with van der Waals surface area (Å²) in [6, 6.07) is 4.50. The number of anilines is 1. The minimum atomic E-state index is -0.277. The van der Waals surface area contributed by atoms with Crippen LogP contribution in [0.5, 0.6) is 0 Å². The lowest BCUT2D eigenvalue weighted by Crippen LogP contribution is -2.14. The van der Waals surface area contributed by atoms with Gasteiger partial charge < -0.3 is 9.88 Å². The molecule has 1 N–H and O–H groups in total. The number of nitrogens with zero attached hydrogens (tertiary/aromatic N) is 2. The van der Waals surface area contributed by atoms with Gasteiger partial charge >= 0.3 is 0 Å². The molecule has 0 atom stereocenters. The van der Waals surface area contributed by atoms with E-state index in [1.54, 1.807) is 25.3 Å². The number of hydrogen-bond acceptors (Lipinski definition) is 3. The summed E-state index contributed by atoms with van der Waals surface area (Å²) in [7, 11) is 1.87. The molecule has 0 aliphatic carbocycles. The summed E-state index contributed by atoms with van der Waals surface area (Å²) >= 11 is 1.35. The van der Waals surface area contributed by atoms with Crippen molar-refractivity contribution in [3.63, 3.8) is 0 Å². The topological polar surface area (TPSA) is 46.9 Å².